The lowest BCUT2D eigenvalue weighted by atomic mass is 9.91. The van der Waals surface area contributed by atoms with E-state index < -0.39 is 0 Å². The first-order valence-electron chi connectivity index (χ1n) is 9.82. The molecule has 1 unspecified atom stereocenters. The van der Waals surface area contributed by atoms with Gasteiger partial charge in [-0.3, -0.25) is 9.48 Å². The first kappa shape index (κ1) is 19.7. The number of hydrogen-bond donors (Lipinski definition) is 1. The zero-order chi connectivity index (χ0) is 20.4. The summed E-state index contributed by atoms with van der Waals surface area (Å²) in [4.78, 5) is 14.7. The van der Waals surface area contributed by atoms with Crippen LogP contribution < -0.4 is 5.32 Å². The van der Waals surface area contributed by atoms with E-state index in [-0.39, 0.29) is 11.9 Å². The Morgan fingerprint density at radius 2 is 2.17 bits per heavy atom. The number of nitrogens with zero attached hydrogens (tertiary/aromatic N) is 3. The van der Waals surface area contributed by atoms with Crippen molar-refractivity contribution in [2.24, 2.45) is 7.05 Å². The van der Waals surface area contributed by atoms with E-state index in [9.17, 15) is 4.79 Å². The average molecular weight is 413 g/mol. The zero-order valence-electron chi connectivity index (χ0n) is 16.7. The largest absolute Gasteiger partial charge is 0.467 e. The molecule has 152 valence electrons. The van der Waals surface area contributed by atoms with Crippen LogP contribution >= 0.6 is 11.6 Å². The lowest BCUT2D eigenvalue weighted by Crippen LogP contribution is -2.35. The SMILES string of the molecule is CN(Cc1ccco1)C(=O)c1nn(C)c2c1CC(NCc1ccccc1Cl)CC2. The molecule has 0 radical (unpaired) electrons. The van der Waals surface area contributed by atoms with Gasteiger partial charge in [0.05, 0.1) is 12.8 Å². The molecule has 2 aromatic heterocycles. The minimum Gasteiger partial charge on any atom is -0.467 e. The van der Waals surface area contributed by atoms with Crippen LogP contribution in [0.4, 0.5) is 0 Å². The Balaban J connectivity index is 1.47. The molecule has 1 aliphatic rings. The van der Waals surface area contributed by atoms with Crippen LogP contribution in [-0.2, 0) is 33.0 Å². The zero-order valence-corrected chi connectivity index (χ0v) is 17.4. The molecular formula is C22H25ClN4O2. The van der Waals surface area contributed by atoms with Gasteiger partial charge in [0.2, 0.25) is 0 Å². The maximum atomic E-state index is 13.1. The van der Waals surface area contributed by atoms with Crippen molar-refractivity contribution in [1.82, 2.24) is 20.0 Å². The summed E-state index contributed by atoms with van der Waals surface area (Å²) in [6.07, 6.45) is 4.30. The fourth-order valence-electron chi connectivity index (χ4n) is 3.92. The van der Waals surface area contributed by atoms with Crippen LogP contribution in [0.25, 0.3) is 0 Å². The van der Waals surface area contributed by atoms with Gasteiger partial charge in [-0.2, -0.15) is 5.10 Å². The van der Waals surface area contributed by atoms with E-state index in [1.807, 2.05) is 48.1 Å². The Bertz CT molecular complexity index is 996. The summed E-state index contributed by atoms with van der Waals surface area (Å²) in [5, 5.41) is 8.93. The first-order valence-corrected chi connectivity index (χ1v) is 10.2. The number of furan rings is 1. The van der Waals surface area contributed by atoms with E-state index in [4.69, 9.17) is 16.0 Å². The summed E-state index contributed by atoms with van der Waals surface area (Å²) in [5.41, 5.74) is 3.82. The van der Waals surface area contributed by atoms with E-state index >= 15 is 0 Å². The van der Waals surface area contributed by atoms with Crippen LogP contribution in [0, 0.1) is 0 Å². The molecule has 1 aromatic carbocycles. The summed E-state index contributed by atoms with van der Waals surface area (Å²) in [7, 11) is 3.70. The Morgan fingerprint density at radius 1 is 1.34 bits per heavy atom. The molecule has 0 spiro atoms. The molecule has 1 atom stereocenters. The number of benzene rings is 1. The van der Waals surface area contributed by atoms with Crippen LogP contribution in [0.1, 0.15) is 39.5 Å². The first-order chi connectivity index (χ1) is 14.0. The van der Waals surface area contributed by atoms with Gasteiger partial charge in [-0.1, -0.05) is 29.8 Å². The Kier molecular flexibility index (Phi) is 5.74. The third kappa shape index (κ3) is 4.23. The molecule has 0 fully saturated rings. The van der Waals surface area contributed by atoms with Crippen molar-refractivity contribution in [3.63, 3.8) is 0 Å². The molecule has 0 bridgehead atoms. The van der Waals surface area contributed by atoms with E-state index in [2.05, 4.69) is 10.4 Å². The number of aryl methyl sites for hydroxylation is 1. The molecule has 4 rings (SSSR count). The monoisotopic (exact) mass is 412 g/mol. The number of rotatable bonds is 6. The van der Waals surface area contributed by atoms with Crippen molar-refractivity contribution < 1.29 is 9.21 Å². The average Bonchev–Trinajstić information content (AvgIpc) is 3.34. The molecule has 1 N–H and O–H groups in total. The van der Waals surface area contributed by atoms with Gasteiger partial charge in [-0.25, -0.2) is 0 Å². The molecule has 3 aromatic rings. The summed E-state index contributed by atoms with van der Waals surface area (Å²) in [5.74, 6) is 0.676. The highest BCUT2D eigenvalue weighted by Crippen LogP contribution is 2.26. The van der Waals surface area contributed by atoms with Crippen molar-refractivity contribution >= 4 is 17.5 Å². The van der Waals surface area contributed by atoms with Crippen LogP contribution in [0.5, 0.6) is 0 Å². The summed E-state index contributed by atoms with van der Waals surface area (Å²) < 4.78 is 7.22. The molecule has 1 amide bonds. The van der Waals surface area contributed by atoms with E-state index in [1.54, 1.807) is 18.2 Å². The fraction of sp³-hybridized carbons (Fsp3) is 0.364. The quantitative estimate of drug-likeness (QED) is 0.672. The van der Waals surface area contributed by atoms with Gasteiger partial charge in [0.25, 0.3) is 5.91 Å². The Morgan fingerprint density at radius 3 is 2.93 bits per heavy atom. The third-order valence-corrected chi connectivity index (χ3v) is 5.89. The van der Waals surface area contributed by atoms with Crippen LogP contribution in [0.15, 0.2) is 47.1 Å². The Labute approximate surface area is 175 Å². The topological polar surface area (TPSA) is 63.3 Å². The lowest BCUT2D eigenvalue weighted by Gasteiger charge is -2.25. The predicted molar refractivity (Wildman–Crippen MR) is 112 cm³/mol. The second kappa shape index (κ2) is 8.43. The number of carbonyl (C=O) groups is 1. The van der Waals surface area contributed by atoms with Gasteiger partial charge in [0, 0.05) is 43.0 Å². The van der Waals surface area contributed by atoms with Crippen LogP contribution in [0.3, 0.4) is 0 Å². The maximum Gasteiger partial charge on any atom is 0.274 e. The van der Waals surface area contributed by atoms with Crippen molar-refractivity contribution in [1.29, 1.82) is 0 Å². The van der Waals surface area contributed by atoms with Crippen LogP contribution in [0.2, 0.25) is 5.02 Å². The molecule has 6 nitrogen and oxygen atoms in total. The van der Waals surface area contributed by atoms with Gasteiger partial charge < -0.3 is 14.6 Å². The van der Waals surface area contributed by atoms with Crippen molar-refractivity contribution in [3.8, 4) is 0 Å². The lowest BCUT2D eigenvalue weighted by molar-refractivity contribution is 0.0767. The van der Waals surface area contributed by atoms with Crippen LogP contribution in [-0.4, -0.2) is 33.7 Å². The van der Waals surface area contributed by atoms with Crippen molar-refractivity contribution in [2.45, 2.75) is 38.4 Å². The summed E-state index contributed by atoms with van der Waals surface area (Å²) in [6, 6.07) is 11.8. The summed E-state index contributed by atoms with van der Waals surface area (Å²) in [6.45, 7) is 1.13. The van der Waals surface area contributed by atoms with Gasteiger partial charge >= 0.3 is 0 Å². The number of halogens is 1. The third-order valence-electron chi connectivity index (χ3n) is 5.52. The summed E-state index contributed by atoms with van der Waals surface area (Å²) >= 11 is 6.28. The fourth-order valence-corrected chi connectivity index (χ4v) is 4.12. The molecule has 0 aliphatic heterocycles. The van der Waals surface area contributed by atoms with E-state index in [1.165, 1.54) is 0 Å². The minimum absolute atomic E-state index is 0.0787. The van der Waals surface area contributed by atoms with Gasteiger partial charge in [-0.15, -0.1) is 0 Å². The smallest absolute Gasteiger partial charge is 0.274 e. The highest BCUT2D eigenvalue weighted by atomic mass is 35.5. The van der Waals surface area contributed by atoms with Gasteiger partial charge in [-0.05, 0) is 43.0 Å². The van der Waals surface area contributed by atoms with Crippen molar-refractivity contribution in [2.75, 3.05) is 7.05 Å². The van der Waals surface area contributed by atoms with Gasteiger partial charge in [0.15, 0.2) is 5.69 Å². The highest BCUT2D eigenvalue weighted by molar-refractivity contribution is 6.31. The van der Waals surface area contributed by atoms with Crippen molar-refractivity contribution in [3.05, 3.63) is 76.0 Å². The Hall–Kier alpha value is -2.57. The molecule has 1 aliphatic carbocycles. The standard InChI is InChI=1S/C22H25ClN4O2/c1-26(14-17-7-5-11-29-17)22(28)21-18-12-16(9-10-20(18)27(2)25-21)24-13-15-6-3-4-8-19(15)23/h3-8,11,16,24H,9-10,12-14H2,1-2H3. The number of hydrogen-bond acceptors (Lipinski definition) is 4. The molecule has 0 saturated heterocycles. The normalized spacial score (nSPS) is 15.9. The van der Waals surface area contributed by atoms with E-state index in [0.717, 1.165) is 46.9 Å². The number of carbonyl (C=O) groups excluding carboxylic acids is 1. The second-order valence-corrected chi connectivity index (χ2v) is 7.96. The molecule has 7 heteroatoms. The highest BCUT2D eigenvalue weighted by Gasteiger charge is 2.29. The number of amides is 1. The van der Waals surface area contributed by atoms with Gasteiger partial charge in [0.1, 0.15) is 5.76 Å². The number of aromatic nitrogens is 2. The molecule has 0 saturated carbocycles. The number of nitrogens with one attached hydrogen (secondary N) is 1. The molecular weight excluding hydrogens is 388 g/mol. The van der Waals surface area contributed by atoms with E-state index in [0.29, 0.717) is 18.8 Å². The predicted octanol–water partition coefficient (Wildman–Crippen LogP) is 3.59. The molecule has 2 heterocycles. The maximum absolute atomic E-state index is 13.1. The molecule has 29 heavy (non-hydrogen) atoms. The minimum atomic E-state index is -0.0787. The number of fused-ring (bicyclic) bond motifs is 1. The second-order valence-electron chi connectivity index (χ2n) is 7.55.